The van der Waals surface area contributed by atoms with Crippen molar-refractivity contribution in [1.29, 1.82) is 0 Å². The predicted molar refractivity (Wildman–Crippen MR) is 119 cm³/mol. The lowest BCUT2D eigenvalue weighted by atomic mass is 10.1. The van der Waals surface area contributed by atoms with Gasteiger partial charge in [-0.1, -0.05) is 6.07 Å². The average molecular weight is 507 g/mol. The standard InChI is InChI=1S/C19H30FN5O2.HI/c1-4-27-19(26)25-9-7-16(8-10-25)23-18(21)22-12-14-5-6-17(20)15(11-14)13-24(2)3;/h5-6,11,16H,4,7-10,12-13H2,1-3H3,(H3,21,22,23);1H. The minimum atomic E-state index is -0.262. The Balaban J connectivity index is 0.00000392. The Bertz CT molecular complexity index is 664. The van der Waals surface area contributed by atoms with Crippen molar-refractivity contribution < 1.29 is 13.9 Å². The Hall–Kier alpha value is -1.62. The van der Waals surface area contributed by atoms with E-state index in [1.54, 1.807) is 17.9 Å². The largest absolute Gasteiger partial charge is 0.450 e. The van der Waals surface area contributed by atoms with Crippen molar-refractivity contribution in [1.82, 2.24) is 15.1 Å². The molecule has 1 fully saturated rings. The lowest BCUT2D eigenvalue weighted by molar-refractivity contribution is 0.0963. The van der Waals surface area contributed by atoms with Gasteiger partial charge in [0, 0.05) is 31.2 Å². The van der Waals surface area contributed by atoms with Crippen LogP contribution >= 0.6 is 24.0 Å². The molecule has 0 aromatic heterocycles. The van der Waals surface area contributed by atoms with Gasteiger partial charge in [-0.2, -0.15) is 0 Å². The van der Waals surface area contributed by atoms with Crippen molar-refractivity contribution in [3.8, 4) is 0 Å². The average Bonchev–Trinajstić information content (AvgIpc) is 2.63. The fraction of sp³-hybridized carbons (Fsp3) is 0.579. The molecule has 7 nitrogen and oxygen atoms in total. The summed E-state index contributed by atoms with van der Waals surface area (Å²) in [6.45, 7) is 4.38. The maximum atomic E-state index is 13.8. The van der Waals surface area contributed by atoms with Gasteiger partial charge in [-0.3, -0.25) is 0 Å². The minimum Gasteiger partial charge on any atom is -0.450 e. The van der Waals surface area contributed by atoms with Gasteiger partial charge < -0.3 is 25.6 Å². The van der Waals surface area contributed by atoms with Crippen molar-refractivity contribution in [3.05, 3.63) is 35.1 Å². The maximum absolute atomic E-state index is 13.8. The van der Waals surface area contributed by atoms with Gasteiger partial charge >= 0.3 is 6.09 Å². The van der Waals surface area contributed by atoms with E-state index in [1.807, 2.05) is 25.1 Å². The van der Waals surface area contributed by atoms with Crippen LogP contribution in [0, 0.1) is 5.82 Å². The summed E-state index contributed by atoms with van der Waals surface area (Å²) >= 11 is 0. The molecule has 1 saturated heterocycles. The molecule has 0 radical (unpaired) electrons. The molecule has 1 aromatic rings. The second kappa shape index (κ2) is 12.1. The number of nitrogens with one attached hydrogen (secondary N) is 1. The third-order valence-corrected chi connectivity index (χ3v) is 4.40. The van der Waals surface area contributed by atoms with Gasteiger partial charge in [0.2, 0.25) is 0 Å². The molecular weight excluding hydrogens is 476 g/mol. The van der Waals surface area contributed by atoms with Gasteiger partial charge in [-0.25, -0.2) is 14.2 Å². The molecule has 1 aliphatic heterocycles. The predicted octanol–water partition coefficient (Wildman–Crippen LogP) is 2.53. The van der Waals surface area contributed by atoms with Crippen LogP contribution in [0.4, 0.5) is 9.18 Å². The highest BCUT2D eigenvalue weighted by Crippen LogP contribution is 2.14. The van der Waals surface area contributed by atoms with Crippen molar-refractivity contribution >= 4 is 36.0 Å². The first-order chi connectivity index (χ1) is 12.9. The number of rotatable bonds is 6. The van der Waals surface area contributed by atoms with Gasteiger partial charge in [0.1, 0.15) is 5.82 Å². The molecule has 0 spiro atoms. The number of likely N-dealkylation sites (tertiary alicyclic amines) is 1. The number of halogens is 2. The molecule has 2 rings (SSSR count). The molecule has 0 aliphatic carbocycles. The Morgan fingerprint density at radius 3 is 2.68 bits per heavy atom. The number of nitrogens with zero attached hydrogens (tertiary/aromatic N) is 3. The molecule has 1 heterocycles. The van der Waals surface area contributed by atoms with Crippen LogP contribution in [-0.2, 0) is 17.8 Å². The molecule has 1 aromatic carbocycles. The van der Waals surface area contributed by atoms with Crippen molar-refractivity contribution in [2.45, 2.75) is 38.9 Å². The van der Waals surface area contributed by atoms with Gasteiger partial charge in [-0.05, 0) is 51.6 Å². The van der Waals surface area contributed by atoms with E-state index in [-0.39, 0.29) is 41.9 Å². The number of benzene rings is 1. The van der Waals surface area contributed by atoms with Gasteiger partial charge in [0.05, 0.1) is 13.2 Å². The van der Waals surface area contributed by atoms with E-state index >= 15 is 0 Å². The van der Waals surface area contributed by atoms with E-state index in [2.05, 4.69) is 10.3 Å². The first kappa shape index (κ1) is 24.4. The van der Waals surface area contributed by atoms with Gasteiger partial charge in [0.25, 0.3) is 0 Å². The molecule has 0 bridgehead atoms. The summed E-state index contributed by atoms with van der Waals surface area (Å²) in [4.78, 5) is 19.7. The molecule has 0 saturated carbocycles. The topological polar surface area (TPSA) is 83.2 Å². The van der Waals surface area contributed by atoms with Gasteiger partial charge in [0.15, 0.2) is 5.96 Å². The molecule has 28 heavy (non-hydrogen) atoms. The molecule has 1 amide bonds. The van der Waals surface area contributed by atoms with Crippen LogP contribution in [0.3, 0.4) is 0 Å². The van der Waals surface area contributed by atoms with Gasteiger partial charge in [-0.15, -0.1) is 24.0 Å². The van der Waals surface area contributed by atoms with Crippen LogP contribution in [-0.4, -0.2) is 61.7 Å². The lowest BCUT2D eigenvalue weighted by Gasteiger charge is -2.31. The zero-order valence-electron chi connectivity index (χ0n) is 16.8. The van der Waals surface area contributed by atoms with Crippen molar-refractivity contribution in [2.24, 2.45) is 10.7 Å². The van der Waals surface area contributed by atoms with Crippen LogP contribution in [0.1, 0.15) is 30.9 Å². The van der Waals surface area contributed by atoms with Crippen molar-refractivity contribution in [2.75, 3.05) is 33.8 Å². The molecule has 158 valence electrons. The number of piperidine rings is 1. The lowest BCUT2D eigenvalue weighted by Crippen LogP contribution is -2.48. The summed E-state index contributed by atoms with van der Waals surface area (Å²) in [5.41, 5.74) is 7.55. The summed E-state index contributed by atoms with van der Waals surface area (Å²) in [7, 11) is 3.80. The SMILES string of the molecule is CCOC(=O)N1CCC(NC(N)=NCc2ccc(F)c(CN(C)C)c2)CC1.I. The number of ether oxygens (including phenoxy) is 1. The van der Waals surface area contributed by atoms with E-state index in [4.69, 9.17) is 10.5 Å². The number of carbonyl (C=O) groups excluding carboxylic acids is 1. The smallest absolute Gasteiger partial charge is 0.409 e. The maximum Gasteiger partial charge on any atom is 0.409 e. The number of nitrogens with two attached hydrogens (primary N) is 1. The highest BCUT2D eigenvalue weighted by atomic mass is 127. The van der Waals surface area contributed by atoms with E-state index in [0.29, 0.717) is 44.3 Å². The zero-order valence-corrected chi connectivity index (χ0v) is 19.1. The summed E-state index contributed by atoms with van der Waals surface area (Å²) < 4.78 is 18.9. The molecule has 9 heteroatoms. The number of aliphatic imine (C=N–C) groups is 1. The summed E-state index contributed by atoms with van der Waals surface area (Å²) in [5, 5.41) is 3.21. The third-order valence-electron chi connectivity index (χ3n) is 4.40. The zero-order chi connectivity index (χ0) is 19.8. The van der Waals surface area contributed by atoms with E-state index in [1.165, 1.54) is 6.07 Å². The monoisotopic (exact) mass is 507 g/mol. The van der Waals surface area contributed by atoms with Crippen LogP contribution in [0.5, 0.6) is 0 Å². The Labute approximate surface area is 183 Å². The molecule has 1 aliphatic rings. The van der Waals surface area contributed by atoms with E-state index in [9.17, 15) is 9.18 Å². The number of hydrogen-bond donors (Lipinski definition) is 2. The third kappa shape index (κ3) is 7.78. The van der Waals surface area contributed by atoms with Crippen LogP contribution in [0.25, 0.3) is 0 Å². The quantitative estimate of drug-likeness (QED) is 0.352. The summed E-state index contributed by atoms with van der Waals surface area (Å²) in [5.74, 6) is 0.152. The molecule has 3 N–H and O–H groups in total. The number of carbonyl (C=O) groups is 1. The summed E-state index contributed by atoms with van der Waals surface area (Å²) in [6, 6.07) is 5.20. The van der Waals surface area contributed by atoms with Crippen LogP contribution < -0.4 is 11.1 Å². The van der Waals surface area contributed by atoms with Crippen LogP contribution in [0.15, 0.2) is 23.2 Å². The second-order valence-corrected chi connectivity index (χ2v) is 6.97. The fourth-order valence-electron chi connectivity index (χ4n) is 3.04. The molecule has 0 unspecified atom stereocenters. The number of hydrogen-bond acceptors (Lipinski definition) is 4. The fourth-order valence-corrected chi connectivity index (χ4v) is 3.04. The first-order valence-corrected chi connectivity index (χ1v) is 9.29. The van der Waals surface area contributed by atoms with E-state index in [0.717, 1.165) is 18.4 Å². The van der Waals surface area contributed by atoms with Crippen LogP contribution in [0.2, 0.25) is 0 Å². The summed E-state index contributed by atoms with van der Waals surface area (Å²) in [6.07, 6.45) is 1.32. The normalized spacial score (nSPS) is 15.3. The molecule has 0 atom stereocenters. The Kier molecular flexibility index (Phi) is 10.5. The Morgan fingerprint density at radius 1 is 1.39 bits per heavy atom. The minimum absolute atomic E-state index is 0. The Morgan fingerprint density at radius 2 is 2.07 bits per heavy atom. The second-order valence-electron chi connectivity index (χ2n) is 6.97. The highest BCUT2D eigenvalue weighted by molar-refractivity contribution is 14.0. The number of guanidine groups is 1. The van der Waals surface area contributed by atoms with E-state index < -0.39 is 0 Å². The molecular formula is C19H31FIN5O2. The highest BCUT2D eigenvalue weighted by Gasteiger charge is 2.23. The first-order valence-electron chi connectivity index (χ1n) is 9.29. The van der Waals surface area contributed by atoms with Crippen molar-refractivity contribution in [3.63, 3.8) is 0 Å². The number of amides is 1.